The normalized spacial score (nSPS) is 11.3. The van der Waals surface area contributed by atoms with E-state index in [1.807, 2.05) is 18.2 Å². The van der Waals surface area contributed by atoms with Crippen molar-refractivity contribution >= 4 is 52.9 Å². The van der Waals surface area contributed by atoms with Crippen molar-refractivity contribution in [3.63, 3.8) is 0 Å². The van der Waals surface area contributed by atoms with Crippen LogP contribution in [0.3, 0.4) is 0 Å². The topological polar surface area (TPSA) is 51.2 Å². The van der Waals surface area contributed by atoms with Crippen LogP contribution in [0.15, 0.2) is 36.4 Å². The third kappa shape index (κ3) is 2.73. The van der Waals surface area contributed by atoms with E-state index in [4.69, 9.17) is 0 Å². The van der Waals surface area contributed by atoms with Gasteiger partial charge in [0.25, 0.3) is 0 Å². The van der Waals surface area contributed by atoms with Crippen LogP contribution >= 0.6 is 34.0 Å². The van der Waals surface area contributed by atoms with Gasteiger partial charge in [-0.25, -0.2) is 0 Å². The zero-order valence-electron chi connectivity index (χ0n) is 12.1. The van der Waals surface area contributed by atoms with Gasteiger partial charge in [0, 0.05) is 14.6 Å². The first-order valence-electron chi connectivity index (χ1n) is 6.78. The molecule has 0 spiro atoms. The Morgan fingerprint density at radius 3 is 1.17 bits per heavy atom. The molecular formula is C17H12O3S3. The number of carbonyl (C=O) groups is 3. The third-order valence-electron chi connectivity index (χ3n) is 3.71. The minimum atomic E-state index is -0.482. The molecule has 3 nitrogen and oxygen atoms in total. The predicted molar refractivity (Wildman–Crippen MR) is 94.7 cm³/mol. The van der Waals surface area contributed by atoms with Gasteiger partial charge in [-0.15, -0.1) is 34.0 Å². The summed E-state index contributed by atoms with van der Waals surface area (Å²) in [6.45, 7) is 2.06. The fourth-order valence-electron chi connectivity index (χ4n) is 2.42. The molecule has 0 radical (unpaired) electrons. The maximum Gasteiger partial charge on any atom is 0.160 e. The summed E-state index contributed by atoms with van der Waals surface area (Å²) in [5, 5.41) is 0. The molecule has 0 saturated heterocycles. The first-order valence-corrected chi connectivity index (χ1v) is 9.23. The highest BCUT2D eigenvalue weighted by atomic mass is 32.1. The van der Waals surface area contributed by atoms with E-state index in [1.54, 1.807) is 18.2 Å². The van der Waals surface area contributed by atoms with Crippen LogP contribution in [0.4, 0.5) is 0 Å². The summed E-state index contributed by atoms with van der Waals surface area (Å²) < 4.78 is 0. The molecule has 0 saturated carbocycles. The van der Waals surface area contributed by atoms with Crippen molar-refractivity contribution in [3.8, 4) is 0 Å². The van der Waals surface area contributed by atoms with Crippen LogP contribution in [0.25, 0.3) is 0 Å². The monoisotopic (exact) mass is 360 g/mol. The quantitative estimate of drug-likeness (QED) is 0.601. The maximum absolute atomic E-state index is 11.0. The van der Waals surface area contributed by atoms with Crippen LogP contribution in [0.5, 0.6) is 0 Å². The van der Waals surface area contributed by atoms with Crippen molar-refractivity contribution in [1.29, 1.82) is 0 Å². The van der Waals surface area contributed by atoms with Crippen molar-refractivity contribution in [2.45, 2.75) is 12.3 Å². The Hall–Kier alpha value is -1.89. The molecule has 0 aromatic carbocycles. The Balaban J connectivity index is 2.20. The Bertz CT molecular complexity index is 756. The van der Waals surface area contributed by atoms with Gasteiger partial charge >= 0.3 is 0 Å². The van der Waals surface area contributed by atoms with Gasteiger partial charge in [0.1, 0.15) is 0 Å². The summed E-state index contributed by atoms with van der Waals surface area (Å²) in [6, 6.07) is 11.2. The van der Waals surface area contributed by atoms with Gasteiger partial charge in [0.15, 0.2) is 18.9 Å². The van der Waals surface area contributed by atoms with Crippen LogP contribution in [0.1, 0.15) is 50.6 Å². The zero-order chi connectivity index (χ0) is 16.4. The summed E-state index contributed by atoms with van der Waals surface area (Å²) in [7, 11) is 0. The number of carbonyl (C=O) groups excluding carboxylic acids is 3. The van der Waals surface area contributed by atoms with Crippen molar-refractivity contribution in [3.05, 3.63) is 65.7 Å². The molecule has 0 N–H and O–H groups in total. The highest BCUT2D eigenvalue weighted by Crippen LogP contribution is 2.46. The lowest BCUT2D eigenvalue weighted by molar-refractivity contribution is 0.111. The standard InChI is InChI=1S/C17H12O3S3/c1-17(14-5-2-11(8-18)21-14,15-6-3-12(9-19)22-15)16-7-4-13(10-20)23-16/h2-10H,1H3. The van der Waals surface area contributed by atoms with E-state index in [2.05, 4.69) is 6.92 Å². The van der Waals surface area contributed by atoms with E-state index in [0.29, 0.717) is 14.6 Å². The molecule has 0 atom stereocenters. The Morgan fingerprint density at radius 2 is 0.957 bits per heavy atom. The van der Waals surface area contributed by atoms with Gasteiger partial charge in [0.2, 0.25) is 0 Å². The highest BCUT2D eigenvalue weighted by Gasteiger charge is 2.35. The Morgan fingerprint density at radius 1 is 0.652 bits per heavy atom. The molecule has 6 heteroatoms. The first kappa shape index (κ1) is 16.0. The maximum atomic E-state index is 11.0. The van der Waals surface area contributed by atoms with E-state index < -0.39 is 5.41 Å². The lowest BCUT2D eigenvalue weighted by atomic mass is 9.85. The van der Waals surface area contributed by atoms with E-state index in [9.17, 15) is 14.4 Å². The number of rotatable bonds is 6. The third-order valence-corrected chi connectivity index (χ3v) is 7.40. The van der Waals surface area contributed by atoms with Gasteiger partial charge in [0.05, 0.1) is 20.0 Å². The smallest absolute Gasteiger partial charge is 0.160 e. The lowest BCUT2D eigenvalue weighted by Gasteiger charge is -2.26. The minimum absolute atomic E-state index is 0.482. The predicted octanol–water partition coefficient (Wildman–Crippen LogP) is 4.66. The number of thiophene rings is 3. The van der Waals surface area contributed by atoms with E-state index in [1.165, 1.54) is 34.0 Å². The SMILES string of the molecule is CC(c1ccc(C=O)s1)(c1ccc(C=O)s1)c1ccc(C=O)s1. The summed E-state index contributed by atoms with van der Waals surface area (Å²) in [4.78, 5) is 38.1. The molecule has 23 heavy (non-hydrogen) atoms. The molecule has 0 unspecified atom stereocenters. The fourth-order valence-corrected chi connectivity index (χ4v) is 5.61. The summed E-state index contributed by atoms with van der Waals surface area (Å²) in [5.74, 6) is 0. The van der Waals surface area contributed by atoms with Gasteiger partial charge < -0.3 is 0 Å². The number of hydrogen-bond acceptors (Lipinski definition) is 6. The average molecular weight is 360 g/mol. The van der Waals surface area contributed by atoms with Crippen molar-refractivity contribution in [1.82, 2.24) is 0 Å². The van der Waals surface area contributed by atoms with E-state index in [-0.39, 0.29) is 0 Å². The van der Waals surface area contributed by atoms with Crippen LogP contribution in [0.2, 0.25) is 0 Å². The van der Waals surface area contributed by atoms with Crippen molar-refractivity contribution < 1.29 is 14.4 Å². The van der Waals surface area contributed by atoms with Crippen LogP contribution in [0, 0.1) is 0 Å². The Kier molecular flexibility index (Phi) is 4.39. The van der Waals surface area contributed by atoms with E-state index >= 15 is 0 Å². The van der Waals surface area contributed by atoms with Crippen molar-refractivity contribution in [2.75, 3.05) is 0 Å². The largest absolute Gasteiger partial charge is 0.297 e. The van der Waals surface area contributed by atoms with Crippen molar-refractivity contribution in [2.24, 2.45) is 0 Å². The van der Waals surface area contributed by atoms with Crippen LogP contribution in [-0.2, 0) is 5.41 Å². The molecule has 3 heterocycles. The zero-order valence-corrected chi connectivity index (χ0v) is 14.6. The van der Waals surface area contributed by atoms with Gasteiger partial charge in [-0.2, -0.15) is 0 Å². The van der Waals surface area contributed by atoms with Gasteiger partial charge in [-0.05, 0) is 43.3 Å². The molecule has 3 aromatic heterocycles. The molecule has 0 aliphatic rings. The molecule has 0 amide bonds. The molecule has 0 fully saturated rings. The second-order valence-electron chi connectivity index (χ2n) is 5.08. The summed E-state index contributed by atoms with van der Waals surface area (Å²) >= 11 is 4.30. The molecule has 3 aromatic rings. The second kappa shape index (κ2) is 6.31. The Labute approximate surface area is 145 Å². The summed E-state index contributed by atoms with van der Waals surface area (Å²) in [5.41, 5.74) is -0.482. The molecule has 0 bridgehead atoms. The molecule has 0 aliphatic heterocycles. The second-order valence-corrected chi connectivity index (χ2v) is 8.43. The molecular weight excluding hydrogens is 348 g/mol. The minimum Gasteiger partial charge on any atom is -0.297 e. The van der Waals surface area contributed by atoms with Gasteiger partial charge in [-0.1, -0.05) is 0 Å². The number of hydrogen-bond donors (Lipinski definition) is 0. The van der Waals surface area contributed by atoms with E-state index in [0.717, 1.165) is 33.5 Å². The summed E-state index contributed by atoms with van der Waals surface area (Å²) in [6.07, 6.45) is 2.52. The first-order chi connectivity index (χ1) is 11.1. The van der Waals surface area contributed by atoms with Gasteiger partial charge in [-0.3, -0.25) is 14.4 Å². The molecule has 3 rings (SSSR count). The average Bonchev–Trinajstić information content (AvgIpc) is 3.33. The van der Waals surface area contributed by atoms with Crippen LogP contribution < -0.4 is 0 Å². The lowest BCUT2D eigenvalue weighted by Crippen LogP contribution is -2.21. The molecule has 0 aliphatic carbocycles. The fraction of sp³-hybridized carbons (Fsp3) is 0.118. The number of aldehydes is 3. The highest BCUT2D eigenvalue weighted by molar-refractivity contribution is 7.17. The molecule has 116 valence electrons. The van der Waals surface area contributed by atoms with Crippen LogP contribution in [-0.4, -0.2) is 18.9 Å².